The number of rotatable bonds is 5. The van der Waals surface area contributed by atoms with Gasteiger partial charge < -0.3 is 14.7 Å². The number of piperidine rings is 1. The van der Waals surface area contributed by atoms with E-state index >= 15 is 0 Å². The van der Waals surface area contributed by atoms with Crippen molar-refractivity contribution in [3.8, 4) is 0 Å². The molecule has 1 amide bonds. The molecule has 2 aliphatic heterocycles. The third-order valence-corrected chi connectivity index (χ3v) is 7.89. The molecule has 3 aromatic rings. The number of aryl methyl sites for hydroxylation is 1. The van der Waals surface area contributed by atoms with Crippen LogP contribution in [-0.2, 0) is 11.2 Å². The van der Waals surface area contributed by atoms with Crippen molar-refractivity contribution in [3.63, 3.8) is 0 Å². The first-order valence-corrected chi connectivity index (χ1v) is 13.1. The van der Waals surface area contributed by atoms with Gasteiger partial charge in [-0.25, -0.2) is 4.98 Å². The summed E-state index contributed by atoms with van der Waals surface area (Å²) in [7, 11) is 0. The van der Waals surface area contributed by atoms with Crippen LogP contribution in [0.1, 0.15) is 29.8 Å². The maximum absolute atomic E-state index is 13.4. The molecule has 2 saturated heterocycles. The van der Waals surface area contributed by atoms with E-state index < -0.39 is 0 Å². The largest absolute Gasteiger partial charge is 0.368 e. The van der Waals surface area contributed by atoms with E-state index in [0.29, 0.717) is 12.3 Å². The number of amides is 1. The Kier molecular flexibility index (Phi) is 7.02. The zero-order chi connectivity index (χ0) is 23.5. The molecule has 1 atom stereocenters. The number of carbonyl (C=O) groups is 1. The van der Waals surface area contributed by atoms with E-state index in [4.69, 9.17) is 16.6 Å². The zero-order valence-electron chi connectivity index (χ0n) is 19.5. The average Bonchev–Trinajstić information content (AvgIpc) is 3.34. The van der Waals surface area contributed by atoms with Gasteiger partial charge in [-0.05, 0) is 49.1 Å². The molecule has 0 N–H and O–H groups in total. The highest BCUT2D eigenvalue weighted by atomic mass is 35.5. The topological polar surface area (TPSA) is 52.6 Å². The SMILES string of the molecule is Cc1ccccc1N1CCN(C(=O)C2CCCN(c3nc(Cc4ccc(Cl)cc4)ns3)C2)CC1. The van der Waals surface area contributed by atoms with Crippen LogP contribution >= 0.6 is 23.1 Å². The molecular weight excluding hydrogens is 466 g/mol. The van der Waals surface area contributed by atoms with Gasteiger partial charge in [0.1, 0.15) is 5.82 Å². The Morgan fingerprint density at radius 2 is 1.79 bits per heavy atom. The molecule has 0 spiro atoms. The van der Waals surface area contributed by atoms with Gasteiger partial charge >= 0.3 is 0 Å². The molecule has 2 fully saturated rings. The predicted octanol–water partition coefficient (Wildman–Crippen LogP) is 4.66. The molecular formula is C26H30ClN5OS. The lowest BCUT2D eigenvalue weighted by atomic mass is 9.96. The predicted molar refractivity (Wildman–Crippen MR) is 139 cm³/mol. The molecule has 2 aliphatic rings. The highest BCUT2D eigenvalue weighted by Crippen LogP contribution is 2.28. The lowest BCUT2D eigenvalue weighted by molar-refractivity contribution is -0.136. The number of halogens is 1. The fourth-order valence-electron chi connectivity index (χ4n) is 4.93. The van der Waals surface area contributed by atoms with Gasteiger partial charge in [0.05, 0.1) is 5.92 Å². The number of carbonyl (C=O) groups excluding carboxylic acids is 1. The number of aromatic nitrogens is 2. The number of benzene rings is 2. The highest BCUT2D eigenvalue weighted by molar-refractivity contribution is 7.09. The Labute approximate surface area is 210 Å². The number of piperazine rings is 1. The number of nitrogens with zero attached hydrogens (tertiary/aromatic N) is 5. The summed E-state index contributed by atoms with van der Waals surface area (Å²) in [5, 5.41) is 1.65. The molecule has 2 aromatic carbocycles. The summed E-state index contributed by atoms with van der Waals surface area (Å²) in [6.07, 6.45) is 2.64. The minimum absolute atomic E-state index is 0.0300. The van der Waals surface area contributed by atoms with Crippen LogP contribution < -0.4 is 9.80 Å². The van der Waals surface area contributed by atoms with Crippen molar-refractivity contribution >= 4 is 39.9 Å². The quantitative estimate of drug-likeness (QED) is 0.515. The molecule has 8 heteroatoms. The van der Waals surface area contributed by atoms with Crippen molar-refractivity contribution in [2.75, 3.05) is 49.1 Å². The summed E-state index contributed by atoms with van der Waals surface area (Å²) in [5.41, 5.74) is 3.71. The van der Waals surface area contributed by atoms with Crippen LogP contribution in [0.4, 0.5) is 10.8 Å². The lowest BCUT2D eigenvalue weighted by Crippen LogP contribution is -2.52. The summed E-state index contributed by atoms with van der Waals surface area (Å²) in [4.78, 5) is 24.8. The second kappa shape index (κ2) is 10.3. The average molecular weight is 496 g/mol. The van der Waals surface area contributed by atoms with Crippen molar-refractivity contribution in [3.05, 3.63) is 70.5 Å². The van der Waals surface area contributed by atoms with Crippen molar-refractivity contribution in [2.24, 2.45) is 5.92 Å². The fraction of sp³-hybridized carbons (Fsp3) is 0.423. The second-order valence-corrected chi connectivity index (χ2v) is 10.3. The minimum atomic E-state index is 0.0300. The van der Waals surface area contributed by atoms with E-state index in [1.54, 1.807) is 0 Å². The first-order valence-electron chi connectivity index (χ1n) is 12.0. The summed E-state index contributed by atoms with van der Waals surface area (Å²) in [6.45, 7) is 7.15. The summed E-state index contributed by atoms with van der Waals surface area (Å²) in [6, 6.07) is 16.3. The monoisotopic (exact) mass is 495 g/mol. The van der Waals surface area contributed by atoms with Crippen molar-refractivity contribution < 1.29 is 4.79 Å². The highest BCUT2D eigenvalue weighted by Gasteiger charge is 2.32. The Hall–Kier alpha value is -2.64. The van der Waals surface area contributed by atoms with E-state index in [-0.39, 0.29) is 5.92 Å². The second-order valence-electron chi connectivity index (χ2n) is 9.18. The normalized spacial score (nSPS) is 18.9. The minimum Gasteiger partial charge on any atom is -0.368 e. The molecule has 6 nitrogen and oxygen atoms in total. The number of hydrogen-bond donors (Lipinski definition) is 0. The van der Waals surface area contributed by atoms with E-state index in [0.717, 1.165) is 73.7 Å². The molecule has 1 aromatic heterocycles. The molecule has 1 unspecified atom stereocenters. The Balaban J connectivity index is 1.17. The summed E-state index contributed by atoms with van der Waals surface area (Å²) in [5.74, 6) is 1.14. The van der Waals surface area contributed by atoms with Gasteiger partial charge in [0, 0.05) is 67.9 Å². The van der Waals surface area contributed by atoms with Gasteiger partial charge in [-0.3, -0.25) is 4.79 Å². The summed E-state index contributed by atoms with van der Waals surface area (Å²) >= 11 is 7.42. The molecule has 5 rings (SSSR count). The zero-order valence-corrected chi connectivity index (χ0v) is 21.1. The fourth-order valence-corrected chi connectivity index (χ4v) is 5.77. The van der Waals surface area contributed by atoms with E-state index in [9.17, 15) is 4.79 Å². The number of hydrogen-bond acceptors (Lipinski definition) is 6. The lowest BCUT2D eigenvalue weighted by Gasteiger charge is -2.40. The first kappa shape index (κ1) is 23.1. The van der Waals surface area contributed by atoms with Crippen LogP contribution in [0.5, 0.6) is 0 Å². The number of para-hydroxylation sites is 1. The molecule has 178 valence electrons. The van der Waals surface area contributed by atoms with E-state index in [2.05, 4.69) is 50.3 Å². The maximum Gasteiger partial charge on any atom is 0.227 e. The van der Waals surface area contributed by atoms with Gasteiger partial charge in [-0.15, -0.1) is 0 Å². The Morgan fingerprint density at radius 3 is 2.56 bits per heavy atom. The molecule has 0 aliphatic carbocycles. The smallest absolute Gasteiger partial charge is 0.227 e. The van der Waals surface area contributed by atoms with Crippen LogP contribution in [0.15, 0.2) is 48.5 Å². The molecule has 0 saturated carbocycles. The molecule has 0 radical (unpaired) electrons. The van der Waals surface area contributed by atoms with Crippen LogP contribution in [0.25, 0.3) is 0 Å². The Morgan fingerprint density at radius 1 is 1.03 bits per heavy atom. The van der Waals surface area contributed by atoms with Gasteiger partial charge in [0.25, 0.3) is 0 Å². The third kappa shape index (κ3) is 5.20. The van der Waals surface area contributed by atoms with Gasteiger partial charge in [-0.2, -0.15) is 4.37 Å². The van der Waals surface area contributed by atoms with Gasteiger partial charge in [0.15, 0.2) is 0 Å². The van der Waals surface area contributed by atoms with Crippen LogP contribution in [0.2, 0.25) is 5.02 Å². The number of anilines is 2. The van der Waals surface area contributed by atoms with E-state index in [1.165, 1.54) is 22.8 Å². The van der Waals surface area contributed by atoms with Crippen molar-refractivity contribution in [1.29, 1.82) is 0 Å². The first-order chi connectivity index (χ1) is 16.6. The van der Waals surface area contributed by atoms with Crippen LogP contribution in [0, 0.1) is 12.8 Å². The molecule has 0 bridgehead atoms. The molecule has 3 heterocycles. The third-order valence-electron chi connectivity index (χ3n) is 6.82. The van der Waals surface area contributed by atoms with Crippen LogP contribution in [0.3, 0.4) is 0 Å². The van der Waals surface area contributed by atoms with E-state index in [1.807, 2.05) is 24.3 Å². The van der Waals surface area contributed by atoms with Crippen LogP contribution in [-0.4, -0.2) is 59.4 Å². The molecule has 34 heavy (non-hydrogen) atoms. The van der Waals surface area contributed by atoms with Crippen molar-refractivity contribution in [2.45, 2.75) is 26.2 Å². The van der Waals surface area contributed by atoms with Gasteiger partial charge in [0.2, 0.25) is 11.0 Å². The Bertz CT molecular complexity index is 1130. The summed E-state index contributed by atoms with van der Waals surface area (Å²) < 4.78 is 4.57. The maximum atomic E-state index is 13.4. The van der Waals surface area contributed by atoms with Gasteiger partial charge in [-0.1, -0.05) is 41.9 Å². The van der Waals surface area contributed by atoms with Crippen molar-refractivity contribution in [1.82, 2.24) is 14.3 Å². The standard InChI is InChI=1S/C26H30ClN5OS/c1-19-5-2-3-7-23(19)30-13-15-31(16-14-30)25(33)21-6-4-12-32(18-21)26-28-24(29-34-26)17-20-8-10-22(27)11-9-20/h2-3,5,7-11,21H,4,6,12-18H2,1H3.